The van der Waals surface area contributed by atoms with Crippen LogP contribution in [0.3, 0.4) is 0 Å². The molecule has 0 spiro atoms. The summed E-state index contributed by atoms with van der Waals surface area (Å²) < 4.78 is 0. The summed E-state index contributed by atoms with van der Waals surface area (Å²) in [5.74, 6) is -1.99. The Kier molecular flexibility index (Phi) is 3.57. The van der Waals surface area contributed by atoms with E-state index in [-0.39, 0.29) is 42.0 Å². The monoisotopic (exact) mass is 342 g/mol. The third-order valence-corrected chi connectivity index (χ3v) is 5.00. The van der Waals surface area contributed by atoms with E-state index in [1.54, 1.807) is 18.2 Å². The second kappa shape index (κ2) is 5.66. The van der Waals surface area contributed by atoms with Crippen molar-refractivity contribution in [3.63, 3.8) is 0 Å². The van der Waals surface area contributed by atoms with Gasteiger partial charge in [0.1, 0.15) is 6.04 Å². The largest absolute Gasteiger partial charge is 0.382 e. The van der Waals surface area contributed by atoms with E-state index in [9.17, 15) is 19.2 Å². The smallest absolute Gasteiger partial charge is 0.264 e. The number of carbonyl (C=O) groups is 4. The molecule has 8 heteroatoms. The van der Waals surface area contributed by atoms with Crippen LogP contribution >= 0.6 is 0 Å². The number of anilines is 1. The number of benzene rings is 1. The molecule has 1 aromatic carbocycles. The molecular formula is C17H18N4O4. The Morgan fingerprint density at radius 2 is 1.88 bits per heavy atom. The summed E-state index contributed by atoms with van der Waals surface area (Å²) in [6.07, 6.45) is 1.87. The van der Waals surface area contributed by atoms with Crippen LogP contribution < -0.4 is 16.4 Å². The number of hydrogen-bond acceptors (Lipinski definition) is 6. The molecule has 1 aliphatic carbocycles. The first kappa shape index (κ1) is 15.8. The van der Waals surface area contributed by atoms with E-state index in [4.69, 9.17) is 5.73 Å². The van der Waals surface area contributed by atoms with Gasteiger partial charge in [-0.05, 0) is 31.4 Å². The van der Waals surface area contributed by atoms with Gasteiger partial charge in [-0.3, -0.25) is 29.4 Å². The number of fused-ring (bicyclic) bond motifs is 1. The van der Waals surface area contributed by atoms with Crippen molar-refractivity contribution in [2.75, 3.05) is 5.32 Å². The lowest BCUT2D eigenvalue weighted by molar-refractivity contribution is -0.136. The summed E-state index contributed by atoms with van der Waals surface area (Å²) in [6.45, 7) is 0. The first-order valence-corrected chi connectivity index (χ1v) is 8.32. The highest BCUT2D eigenvalue weighted by Crippen LogP contribution is 2.34. The van der Waals surface area contributed by atoms with Gasteiger partial charge in [0, 0.05) is 24.2 Å². The minimum atomic E-state index is -0.949. The van der Waals surface area contributed by atoms with E-state index in [0.717, 1.165) is 17.7 Å². The number of imide groups is 2. The average Bonchev–Trinajstić information content (AvgIpc) is 2.79. The Labute approximate surface area is 143 Å². The van der Waals surface area contributed by atoms with Crippen LogP contribution in [0.25, 0.3) is 0 Å². The number of nitrogens with two attached hydrogens (primary N) is 1. The Morgan fingerprint density at radius 1 is 1.12 bits per heavy atom. The van der Waals surface area contributed by atoms with E-state index < -0.39 is 23.8 Å². The van der Waals surface area contributed by atoms with Gasteiger partial charge in [0.2, 0.25) is 11.8 Å². The maximum absolute atomic E-state index is 12.9. The second-order valence-corrected chi connectivity index (χ2v) is 6.75. The third-order valence-electron chi connectivity index (χ3n) is 5.00. The van der Waals surface area contributed by atoms with Crippen LogP contribution in [-0.4, -0.2) is 46.7 Å². The predicted octanol–water partition coefficient (Wildman–Crippen LogP) is -0.0106. The summed E-state index contributed by atoms with van der Waals surface area (Å²) in [4.78, 5) is 50.0. The van der Waals surface area contributed by atoms with Gasteiger partial charge in [-0.15, -0.1) is 0 Å². The number of rotatable bonds is 3. The molecule has 0 aromatic heterocycles. The molecular weight excluding hydrogens is 324 g/mol. The van der Waals surface area contributed by atoms with E-state index >= 15 is 0 Å². The summed E-state index contributed by atoms with van der Waals surface area (Å²) >= 11 is 0. The van der Waals surface area contributed by atoms with Gasteiger partial charge in [-0.25, -0.2) is 0 Å². The minimum Gasteiger partial charge on any atom is -0.382 e. The Balaban J connectivity index is 1.63. The number of carbonyl (C=O) groups excluding carboxylic acids is 4. The molecule has 130 valence electrons. The van der Waals surface area contributed by atoms with Crippen molar-refractivity contribution < 1.29 is 19.2 Å². The molecule has 1 saturated carbocycles. The molecule has 1 unspecified atom stereocenters. The van der Waals surface area contributed by atoms with Gasteiger partial charge in [0.25, 0.3) is 11.8 Å². The molecule has 0 bridgehead atoms. The van der Waals surface area contributed by atoms with Gasteiger partial charge in [-0.1, -0.05) is 6.07 Å². The lowest BCUT2D eigenvalue weighted by Crippen LogP contribution is -2.54. The van der Waals surface area contributed by atoms with Crippen LogP contribution in [0.15, 0.2) is 18.2 Å². The van der Waals surface area contributed by atoms with Crippen LogP contribution in [0.5, 0.6) is 0 Å². The summed E-state index contributed by atoms with van der Waals surface area (Å²) in [5, 5.41) is 5.46. The fourth-order valence-electron chi connectivity index (χ4n) is 3.63. The van der Waals surface area contributed by atoms with E-state index in [1.165, 1.54) is 0 Å². The number of amides is 4. The third kappa shape index (κ3) is 2.49. The number of piperidine rings is 1. The maximum Gasteiger partial charge on any atom is 0.264 e. The highest BCUT2D eigenvalue weighted by molar-refractivity contribution is 6.25. The number of nitrogens with one attached hydrogen (secondary N) is 2. The zero-order valence-electron chi connectivity index (χ0n) is 13.5. The first-order valence-electron chi connectivity index (χ1n) is 8.32. The number of nitrogens with zero attached hydrogens (tertiary/aromatic N) is 1. The predicted molar refractivity (Wildman–Crippen MR) is 87.7 cm³/mol. The maximum atomic E-state index is 12.9. The SMILES string of the molecule is N[C@H]1C[C@H](Nc2cccc3c2C(=O)N(C2CCC(=O)NC2=O)C3=O)C1. The van der Waals surface area contributed by atoms with E-state index in [0.29, 0.717) is 5.69 Å². The van der Waals surface area contributed by atoms with Gasteiger partial charge >= 0.3 is 0 Å². The zero-order chi connectivity index (χ0) is 17.7. The summed E-state index contributed by atoms with van der Waals surface area (Å²) in [5.41, 5.74) is 6.95. The van der Waals surface area contributed by atoms with E-state index in [1.807, 2.05) is 0 Å². The molecule has 2 aliphatic heterocycles. The van der Waals surface area contributed by atoms with Crippen LogP contribution in [0.2, 0.25) is 0 Å². The molecule has 3 aliphatic rings. The molecule has 1 saturated heterocycles. The fraction of sp³-hybridized carbons (Fsp3) is 0.412. The van der Waals surface area contributed by atoms with E-state index in [2.05, 4.69) is 10.6 Å². The molecule has 1 aromatic rings. The molecule has 2 fully saturated rings. The van der Waals surface area contributed by atoms with Crippen molar-refractivity contribution >= 4 is 29.3 Å². The molecule has 4 amide bonds. The quantitative estimate of drug-likeness (QED) is 0.664. The zero-order valence-corrected chi connectivity index (χ0v) is 13.5. The van der Waals surface area contributed by atoms with Gasteiger partial charge in [0.05, 0.1) is 11.1 Å². The van der Waals surface area contributed by atoms with Crippen molar-refractivity contribution in [2.24, 2.45) is 5.73 Å². The van der Waals surface area contributed by atoms with Crippen LogP contribution in [0.1, 0.15) is 46.4 Å². The molecule has 25 heavy (non-hydrogen) atoms. The van der Waals surface area contributed by atoms with Crippen LogP contribution in [0.4, 0.5) is 5.69 Å². The second-order valence-electron chi connectivity index (χ2n) is 6.75. The lowest BCUT2D eigenvalue weighted by Gasteiger charge is -2.34. The Hall–Kier alpha value is -2.74. The van der Waals surface area contributed by atoms with Gasteiger partial charge < -0.3 is 11.1 Å². The van der Waals surface area contributed by atoms with Crippen LogP contribution in [-0.2, 0) is 9.59 Å². The van der Waals surface area contributed by atoms with Crippen molar-refractivity contribution in [1.29, 1.82) is 0 Å². The Bertz CT molecular complexity index is 800. The molecule has 8 nitrogen and oxygen atoms in total. The van der Waals surface area contributed by atoms with Crippen LogP contribution in [0, 0.1) is 0 Å². The molecule has 4 rings (SSSR count). The van der Waals surface area contributed by atoms with Gasteiger partial charge in [-0.2, -0.15) is 0 Å². The lowest BCUT2D eigenvalue weighted by atomic mass is 9.87. The normalized spacial score (nSPS) is 28.5. The summed E-state index contributed by atoms with van der Waals surface area (Å²) in [6, 6.07) is 4.43. The summed E-state index contributed by atoms with van der Waals surface area (Å²) in [7, 11) is 0. The van der Waals surface area contributed by atoms with Gasteiger partial charge in [0.15, 0.2) is 0 Å². The topological polar surface area (TPSA) is 122 Å². The molecule has 2 heterocycles. The molecule has 1 atom stereocenters. The average molecular weight is 342 g/mol. The first-order chi connectivity index (χ1) is 12.0. The number of hydrogen-bond donors (Lipinski definition) is 3. The van der Waals surface area contributed by atoms with Crippen molar-refractivity contribution in [2.45, 2.75) is 43.8 Å². The highest BCUT2D eigenvalue weighted by atomic mass is 16.2. The molecule has 0 radical (unpaired) electrons. The molecule has 4 N–H and O–H groups in total. The fourth-order valence-corrected chi connectivity index (χ4v) is 3.63. The minimum absolute atomic E-state index is 0.106. The highest BCUT2D eigenvalue weighted by Gasteiger charge is 2.45. The standard InChI is InChI=1S/C17H18N4O4/c18-8-6-9(7-8)19-11-3-1-2-10-14(11)17(25)21(16(10)24)12-4-5-13(22)20-15(12)23/h1-3,8-9,12,19H,4-7,18H2,(H,20,22,23)/t8-,9-,12?. The Morgan fingerprint density at radius 3 is 2.56 bits per heavy atom. The van der Waals surface area contributed by atoms with Crippen molar-refractivity contribution in [1.82, 2.24) is 10.2 Å². The van der Waals surface area contributed by atoms with Crippen molar-refractivity contribution in [3.8, 4) is 0 Å². The van der Waals surface area contributed by atoms with Crippen molar-refractivity contribution in [3.05, 3.63) is 29.3 Å².